The lowest BCUT2D eigenvalue weighted by Gasteiger charge is -2.20. The summed E-state index contributed by atoms with van der Waals surface area (Å²) in [6.07, 6.45) is 1.31. The summed E-state index contributed by atoms with van der Waals surface area (Å²) in [5.41, 5.74) is 9.63. The van der Waals surface area contributed by atoms with E-state index in [4.69, 9.17) is 5.73 Å². The standard InChI is InChI=1S/C13H20N4O/c1-17(2)6-5-15-12-8-11-9(7-10(12)14)3-4-13(18)16-11/h7-8,15H,3-6,14H2,1-2H3,(H,16,18). The zero-order valence-electron chi connectivity index (χ0n) is 10.9. The van der Waals surface area contributed by atoms with Crippen molar-refractivity contribution in [3.8, 4) is 0 Å². The molecule has 1 heterocycles. The second kappa shape index (κ2) is 5.27. The van der Waals surface area contributed by atoms with E-state index in [1.165, 1.54) is 0 Å². The molecule has 1 amide bonds. The van der Waals surface area contributed by atoms with Crippen molar-refractivity contribution in [2.75, 3.05) is 43.6 Å². The van der Waals surface area contributed by atoms with Crippen LogP contribution < -0.4 is 16.4 Å². The van der Waals surface area contributed by atoms with Gasteiger partial charge in [-0.15, -0.1) is 0 Å². The first-order valence-electron chi connectivity index (χ1n) is 6.17. The molecule has 0 atom stereocenters. The van der Waals surface area contributed by atoms with Gasteiger partial charge in [0.1, 0.15) is 0 Å². The van der Waals surface area contributed by atoms with Gasteiger partial charge in [-0.05, 0) is 38.2 Å². The van der Waals surface area contributed by atoms with Crippen LogP contribution in [0.5, 0.6) is 0 Å². The summed E-state index contributed by atoms with van der Waals surface area (Å²) in [6.45, 7) is 1.76. The molecule has 1 aromatic rings. The molecule has 0 saturated carbocycles. The molecule has 5 heteroatoms. The van der Waals surface area contributed by atoms with Crippen LogP contribution in [-0.4, -0.2) is 38.0 Å². The van der Waals surface area contributed by atoms with E-state index in [1.807, 2.05) is 26.2 Å². The van der Waals surface area contributed by atoms with E-state index in [0.717, 1.165) is 42.1 Å². The van der Waals surface area contributed by atoms with Crippen LogP contribution in [0.1, 0.15) is 12.0 Å². The Kier molecular flexibility index (Phi) is 3.72. The van der Waals surface area contributed by atoms with Gasteiger partial charge in [0.15, 0.2) is 0 Å². The van der Waals surface area contributed by atoms with Gasteiger partial charge in [0.05, 0.1) is 11.4 Å². The Morgan fingerprint density at radius 3 is 2.89 bits per heavy atom. The van der Waals surface area contributed by atoms with Crippen LogP contribution in [0.2, 0.25) is 0 Å². The normalized spacial score (nSPS) is 14.3. The van der Waals surface area contributed by atoms with Gasteiger partial charge in [-0.1, -0.05) is 0 Å². The summed E-state index contributed by atoms with van der Waals surface area (Å²) in [6, 6.07) is 3.88. The number of likely N-dealkylation sites (N-methyl/N-ethyl adjacent to an activating group) is 1. The van der Waals surface area contributed by atoms with Gasteiger partial charge in [0, 0.05) is 25.2 Å². The molecule has 18 heavy (non-hydrogen) atoms. The average molecular weight is 248 g/mol. The molecule has 0 aromatic heterocycles. The summed E-state index contributed by atoms with van der Waals surface area (Å²) in [5.74, 6) is 0.0755. The second-order valence-electron chi connectivity index (χ2n) is 4.87. The van der Waals surface area contributed by atoms with Crippen molar-refractivity contribution >= 4 is 23.0 Å². The number of nitrogens with zero attached hydrogens (tertiary/aromatic N) is 1. The maximum absolute atomic E-state index is 11.4. The van der Waals surface area contributed by atoms with Crippen LogP contribution >= 0.6 is 0 Å². The van der Waals surface area contributed by atoms with Gasteiger partial charge in [-0.25, -0.2) is 0 Å². The van der Waals surface area contributed by atoms with Crippen LogP contribution in [0.25, 0.3) is 0 Å². The van der Waals surface area contributed by atoms with Crippen molar-refractivity contribution in [2.45, 2.75) is 12.8 Å². The lowest BCUT2D eigenvalue weighted by atomic mass is 10.0. The highest BCUT2D eigenvalue weighted by molar-refractivity contribution is 5.95. The summed E-state index contributed by atoms with van der Waals surface area (Å²) in [5, 5.41) is 6.17. The fourth-order valence-electron chi connectivity index (χ4n) is 2.01. The Labute approximate surface area is 107 Å². The SMILES string of the molecule is CN(C)CCNc1cc2c(cc1N)CCC(=O)N2. The highest BCUT2D eigenvalue weighted by Gasteiger charge is 2.16. The van der Waals surface area contributed by atoms with Crippen LogP contribution in [-0.2, 0) is 11.2 Å². The number of carbonyl (C=O) groups excluding carboxylic acids is 1. The molecule has 1 aromatic carbocycles. The predicted octanol–water partition coefficient (Wildman–Crippen LogP) is 1.13. The fourth-order valence-corrected chi connectivity index (χ4v) is 2.01. The van der Waals surface area contributed by atoms with Crippen molar-refractivity contribution in [1.29, 1.82) is 0 Å². The lowest BCUT2D eigenvalue weighted by molar-refractivity contribution is -0.116. The van der Waals surface area contributed by atoms with Gasteiger partial charge >= 0.3 is 0 Å². The smallest absolute Gasteiger partial charge is 0.224 e. The molecule has 0 radical (unpaired) electrons. The molecule has 0 unspecified atom stereocenters. The van der Waals surface area contributed by atoms with Crippen LogP contribution in [0, 0.1) is 0 Å². The van der Waals surface area contributed by atoms with Crippen LogP contribution in [0.4, 0.5) is 17.1 Å². The number of nitrogens with one attached hydrogen (secondary N) is 2. The monoisotopic (exact) mass is 248 g/mol. The Morgan fingerprint density at radius 2 is 2.17 bits per heavy atom. The molecule has 2 rings (SSSR count). The number of nitrogens with two attached hydrogens (primary N) is 1. The fraction of sp³-hybridized carbons (Fsp3) is 0.462. The van der Waals surface area contributed by atoms with E-state index in [0.29, 0.717) is 6.42 Å². The number of rotatable bonds is 4. The van der Waals surface area contributed by atoms with Crippen molar-refractivity contribution < 1.29 is 4.79 Å². The minimum Gasteiger partial charge on any atom is -0.397 e. The molecule has 0 aliphatic carbocycles. The zero-order chi connectivity index (χ0) is 13.1. The summed E-state index contributed by atoms with van der Waals surface area (Å²) in [4.78, 5) is 13.5. The Bertz CT molecular complexity index is 457. The third-order valence-corrected chi connectivity index (χ3v) is 3.05. The molecular formula is C13H20N4O. The number of benzene rings is 1. The molecule has 98 valence electrons. The molecule has 0 fully saturated rings. The molecule has 1 aliphatic rings. The van der Waals surface area contributed by atoms with E-state index in [-0.39, 0.29) is 5.91 Å². The topological polar surface area (TPSA) is 70.4 Å². The first-order valence-corrected chi connectivity index (χ1v) is 6.17. The van der Waals surface area contributed by atoms with Gasteiger partial charge in [0.25, 0.3) is 0 Å². The molecular weight excluding hydrogens is 228 g/mol. The van der Waals surface area contributed by atoms with Gasteiger partial charge in [-0.3, -0.25) is 4.79 Å². The van der Waals surface area contributed by atoms with Crippen molar-refractivity contribution in [3.63, 3.8) is 0 Å². The number of amides is 1. The molecule has 0 saturated heterocycles. The molecule has 0 spiro atoms. The van der Waals surface area contributed by atoms with Crippen molar-refractivity contribution in [2.24, 2.45) is 0 Å². The number of anilines is 3. The largest absolute Gasteiger partial charge is 0.397 e. The van der Waals surface area contributed by atoms with Crippen LogP contribution in [0.15, 0.2) is 12.1 Å². The minimum absolute atomic E-state index is 0.0755. The van der Waals surface area contributed by atoms with Gasteiger partial charge < -0.3 is 21.3 Å². The predicted molar refractivity (Wildman–Crippen MR) is 74.8 cm³/mol. The molecule has 4 N–H and O–H groups in total. The van der Waals surface area contributed by atoms with E-state index < -0.39 is 0 Å². The highest BCUT2D eigenvalue weighted by Crippen LogP contribution is 2.30. The van der Waals surface area contributed by atoms with Crippen molar-refractivity contribution in [3.05, 3.63) is 17.7 Å². The maximum Gasteiger partial charge on any atom is 0.224 e. The van der Waals surface area contributed by atoms with E-state index >= 15 is 0 Å². The number of fused-ring (bicyclic) bond motifs is 1. The Balaban J connectivity index is 2.11. The number of hydrogen-bond acceptors (Lipinski definition) is 4. The number of hydrogen-bond donors (Lipinski definition) is 3. The summed E-state index contributed by atoms with van der Waals surface area (Å²) < 4.78 is 0. The lowest BCUT2D eigenvalue weighted by Crippen LogP contribution is -2.22. The molecule has 0 bridgehead atoms. The number of aryl methyl sites for hydroxylation is 1. The quantitative estimate of drug-likeness (QED) is 0.699. The van der Waals surface area contributed by atoms with Crippen LogP contribution in [0.3, 0.4) is 0 Å². The first kappa shape index (κ1) is 12.7. The van der Waals surface area contributed by atoms with E-state index in [9.17, 15) is 4.79 Å². The minimum atomic E-state index is 0.0755. The second-order valence-corrected chi connectivity index (χ2v) is 4.87. The van der Waals surface area contributed by atoms with Gasteiger partial charge in [-0.2, -0.15) is 0 Å². The van der Waals surface area contributed by atoms with E-state index in [2.05, 4.69) is 15.5 Å². The summed E-state index contributed by atoms with van der Waals surface area (Å²) >= 11 is 0. The Hall–Kier alpha value is -1.75. The van der Waals surface area contributed by atoms with E-state index in [1.54, 1.807) is 0 Å². The third kappa shape index (κ3) is 2.92. The average Bonchev–Trinajstić information content (AvgIpc) is 2.30. The zero-order valence-corrected chi connectivity index (χ0v) is 10.9. The third-order valence-electron chi connectivity index (χ3n) is 3.05. The maximum atomic E-state index is 11.4. The molecule has 5 nitrogen and oxygen atoms in total. The summed E-state index contributed by atoms with van der Waals surface area (Å²) in [7, 11) is 4.05. The highest BCUT2D eigenvalue weighted by atomic mass is 16.1. The van der Waals surface area contributed by atoms with Crippen molar-refractivity contribution in [1.82, 2.24) is 4.90 Å². The first-order chi connectivity index (χ1) is 8.56. The van der Waals surface area contributed by atoms with Gasteiger partial charge in [0.2, 0.25) is 5.91 Å². The number of nitrogen functional groups attached to an aromatic ring is 1. The Morgan fingerprint density at radius 1 is 1.39 bits per heavy atom. The molecule has 1 aliphatic heterocycles. The number of carbonyl (C=O) groups is 1.